The summed E-state index contributed by atoms with van der Waals surface area (Å²) in [5.41, 5.74) is 10.7. The van der Waals surface area contributed by atoms with Crippen LogP contribution in [0.2, 0.25) is 0 Å². The smallest absolute Gasteiger partial charge is 0.262 e. The molecule has 8 nitrogen and oxygen atoms in total. The lowest BCUT2D eigenvalue weighted by atomic mass is 10.0. The van der Waals surface area contributed by atoms with E-state index in [-0.39, 0.29) is 11.8 Å². The molecule has 0 bridgehead atoms. The molecule has 0 N–H and O–H groups in total. The summed E-state index contributed by atoms with van der Waals surface area (Å²) in [5, 5.41) is 5.81. The monoisotopic (exact) mass is 978 g/mol. The van der Waals surface area contributed by atoms with Crippen molar-refractivity contribution in [3.05, 3.63) is 260 Å². The minimum absolute atomic E-state index is 0.164. The van der Waals surface area contributed by atoms with Crippen LogP contribution in [0.25, 0.3) is 110 Å². The SMILES string of the molecule is CC(C)(c1nc(-c2ccccc2)nc(-c2ccccc2)n1)n1c2cc(C(=O)n3c4ccccc4c4ccc(-c5ccccc5)cc43)ccc2c2ccc(C(=O)n3c4ccccc4c4ccc(-c5ccccc5)cc43)cc21. The zero-order valence-electron chi connectivity index (χ0n) is 41.6. The molecular weight excluding hydrogens is 933 g/mol. The van der Waals surface area contributed by atoms with E-state index in [1.54, 1.807) is 0 Å². The Balaban J connectivity index is 1.00. The van der Waals surface area contributed by atoms with E-state index in [0.29, 0.717) is 28.6 Å². The zero-order chi connectivity index (χ0) is 51.1. The topological polar surface area (TPSA) is 87.6 Å². The standard InChI is InChI=1S/C68H46N6O2/c1-68(2,67-70-63(45-23-11-5-12-24-45)69-64(71-67)46-25-13-6-14-26-46)74-61-41-49(65(75)72-57-29-17-15-27-51(57)53-35-31-47(39-59(53)72)43-19-7-3-8-20-43)33-37-55(61)56-38-34-50(42-62(56)74)66(76)73-58-30-18-16-28-52(58)54-36-32-48(40-60(54)73)44-21-9-4-10-22-44/h3-42H,1-2H3. The highest BCUT2D eigenvalue weighted by Gasteiger charge is 2.33. The van der Waals surface area contributed by atoms with E-state index in [9.17, 15) is 0 Å². The van der Waals surface area contributed by atoms with Crippen molar-refractivity contribution in [2.45, 2.75) is 19.4 Å². The number of benzene rings is 10. The number of fused-ring (bicyclic) bond motifs is 9. The maximum Gasteiger partial charge on any atom is 0.262 e. The molecule has 8 heteroatoms. The van der Waals surface area contributed by atoms with E-state index in [1.807, 2.05) is 179 Å². The number of hydrogen-bond acceptors (Lipinski definition) is 5. The third kappa shape index (κ3) is 7.17. The number of rotatable bonds is 8. The van der Waals surface area contributed by atoms with Gasteiger partial charge in [-0.25, -0.2) is 15.0 Å². The van der Waals surface area contributed by atoms with Crippen molar-refractivity contribution in [3.63, 3.8) is 0 Å². The average Bonchev–Trinajstić information content (AvgIpc) is 4.20. The van der Waals surface area contributed by atoms with Crippen LogP contribution < -0.4 is 0 Å². The van der Waals surface area contributed by atoms with Gasteiger partial charge >= 0.3 is 0 Å². The molecule has 0 unspecified atom stereocenters. The lowest BCUT2D eigenvalue weighted by molar-refractivity contribution is 0.0961. The maximum absolute atomic E-state index is 15.6. The molecule has 0 spiro atoms. The van der Waals surface area contributed by atoms with Crippen LogP contribution in [0.4, 0.5) is 0 Å². The molecule has 0 amide bonds. The third-order valence-corrected chi connectivity index (χ3v) is 15.0. The van der Waals surface area contributed by atoms with Crippen LogP contribution >= 0.6 is 0 Å². The van der Waals surface area contributed by atoms with Crippen molar-refractivity contribution in [1.29, 1.82) is 0 Å². The van der Waals surface area contributed by atoms with Crippen LogP contribution in [-0.2, 0) is 5.54 Å². The number of carbonyl (C=O) groups is 2. The van der Waals surface area contributed by atoms with E-state index in [1.165, 1.54) is 0 Å². The number of aromatic nitrogens is 6. The number of carbonyl (C=O) groups excluding carboxylic acids is 2. The van der Waals surface area contributed by atoms with Gasteiger partial charge in [0.1, 0.15) is 0 Å². The molecule has 76 heavy (non-hydrogen) atoms. The number of hydrogen-bond donors (Lipinski definition) is 0. The van der Waals surface area contributed by atoms with Crippen LogP contribution in [0.1, 0.15) is 40.4 Å². The van der Waals surface area contributed by atoms with E-state index in [4.69, 9.17) is 15.0 Å². The van der Waals surface area contributed by atoms with Crippen molar-refractivity contribution in [2.24, 2.45) is 0 Å². The van der Waals surface area contributed by atoms with Gasteiger partial charge in [0, 0.05) is 54.6 Å². The van der Waals surface area contributed by atoms with Gasteiger partial charge in [0.25, 0.3) is 11.8 Å². The normalized spacial score (nSPS) is 11.9. The molecule has 0 aliphatic rings. The number of nitrogens with zero attached hydrogens (tertiary/aromatic N) is 6. The summed E-state index contributed by atoms with van der Waals surface area (Å²) in [5.74, 6) is 1.25. The summed E-state index contributed by atoms with van der Waals surface area (Å²) < 4.78 is 5.92. The zero-order valence-corrected chi connectivity index (χ0v) is 41.6. The first kappa shape index (κ1) is 44.6. The molecule has 360 valence electrons. The highest BCUT2D eigenvalue weighted by atomic mass is 16.2. The minimum Gasteiger partial charge on any atom is -0.327 e. The lowest BCUT2D eigenvalue weighted by Crippen LogP contribution is -2.31. The second-order valence-corrected chi connectivity index (χ2v) is 19.9. The van der Waals surface area contributed by atoms with Crippen LogP contribution in [0.15, 0.2) is 243 Å². The Hall–Kier alpha value is -10.1. The third-order valence-electron chi connectivity index (χ3n) is 15.0. The van der Waals surface area contributed by atoms with Gasteiger partial charge in [-0.15, -0.1) is 0 Å². The highest BCUT2D eigenvalue weighted by Crippen LogP contribution is 2.41. The fourth-order valence-electron chi connectivity index (χ4n) is 11.3. The summed E-state index contributed by atoms with van der Waals surface area (Å²) in [7, 11) is 0. The van der Waals surface area contributed by atoms with E-state index < -0.39 is 5.54 Å². The van der Waals surface area contributed by atoms with Crippen molar-refractivity contribution >= 4 is 77.2 Å². The number of para-hydroxylation sites is 2. The Bertz CT molecular complexity index is 4350. The summed E-state index contributed by atoms with van der Waals surface area (Å²) in [6, 6.07) is 81.3. The second kappa shape index (κ2) is 17.6. The Kier molecular flexibility index (Phi) is 10.3. The highest BCUT2D eigenvalue weighted by molar-refractivity contribution is 6.20. The molecule has 0 saturated heterocycles. The largest absolute Gasteiger partial charge is 0.327 e. The first-order valence-electron chi connectivity index (χ1n) is 25.5. The Morgan fingerprint density at radius 2 is 0.658 bits per heavy atom. The molecule has 10 aromatic carbocycles. The van der Waals surface area contributed by atoms with Crippen LogP contribution in [0, 0.1) is 0 Å². The molecular formula is C68H46N6O2. The first-order chi connectivity index (χ1) is 37.3. The second-order valence-electron chi connectivity index (χ2n) is 19.9. The molecule has 0 radical (unpaired) electrons. The van der Waals surface area contributed by atoms with E-state index in [2.05, 4.69) is 91.2 Å². The molecule has 4 heterocycles. The fraction of sp³-hybridized carbons (Fsp3) is 0.0441. The van der Waals surface area contributed by atoms with Gasteiger partial charge in [0.05, 0.1) is 38.6 Å². The first-order valence-corrected chi connectivity index (χ1v) is 25.5. The summed E-state index contributed by atoms with van der Waals surface area (Å²) in [6.07, 6.45) is 0. The predicted octanol–water partition coefficient (Wildman–Crippen LogP) is 16.0. The van der Waals surface area contributed by atoms with Gasteiger partial charge in [-0.2, -0.15) is 0 Å². The molecule has 14 aromatic rings. The molecule has 0 fully saturated rings. The van der Waals surface area contributed by atoms with Crippen LogP contribution in [0.3, 0.4) is 0 Å². The molecule has 0 aliphatic heterocycles. The van der Waals surface area contributed by atoms with Gasteiger partial charge in [0.15, 0.2) is 17.5 Å². The summed E-state index contributed by atoms with van der Waals surface area (Å²) in [4.78, 5) is 46.7. The molecule has 0 atom stereocenters. The molecule has 0 saturated carbocycles. The minimum atomic E-state index is -1.01. The average molecular weight is 979 g/mol. The van der Waals surface area contributed by atoms with E-state index >= 15 is 9.59 Å². The van der Waals surface area contributed by atoms with Gasteiger partial charge < -0.3 is 4.57 Å². The van der Waals surface area contributed by atoms with Gasteiger partial charge in [-0.3, -0.25) is 18.7 Å². The summed E-state index contributed by atoms with van der Waals surface area (Å²) >= 11 is 0. The fourth-order valence-corrected chi connectivity index (χ4v) is 11.3. The summed E-state index contributed by atoms with van der Waals surface area (Å²) in [6.45, 7) is 4.20. The quantitative estimate of drug-likeness (QED) is 0.151. The van der Waals surface area contributed by atoms with Gasteiger partial charge in [0.2, 0.25) is 0 Å². The van der Waals surface area contributed by atoms with Gasteiger partial charge in [-0.1, -0.05) is 194 Å². The Morgan fingerprint density at radius 3 is 1.08 bits per heavy atom. The van der Waals surface area contributed by atoms with Crippen LogP contribution in [-0.4, -0.2) is 40.5 Å². The van der Waals surface area contributed by atoms with Crippen molar-refractivity contribution in [3.8, 4) is 45.0 Å². The lowest BCUT2D eigenvalue weighted by Gasteiger charge is -2.28. The molecule has 0 aliphatic carbocycles. The van der Waals surface area contributed by atoms with Crippen molar-refractivity contribution < 1.29 is 9.59 Å². The molecule has 4 aromatic heterocycles. The van der Waals surface area contributed by atoms with Gasteiger partial charge in [-0.05, 0) is 84.6 Å². The van der Waals surface area contributed by atoms with Crippen molar-refractivity contribution in [1.82, 2.24) is 28.7 Å². The maximum atomic E-state index is 15.6. The van der Waals surface area contributed by atoms with Crippen LogP contribution in [0.5, 0.6) is 0 Å². The van der Waals surface area contributed by atoms with E-state index in [0.717, 1.165) is 98.8 Å². The Morgan fingerprint density at radius 1 is 0.316 bits per heavy atom. The van der Waals surface area contributed by atoms with Crippen molar-refractivity contribution in [2.75, 3.05) is 0 Å². The predicted molar refractivity (Wildman–Crippen MR) is 308 cm³/mol. The Labute approximate surface area is 437 Å². The molecule has 14 rings (SSSR count).